The van der Waals surface area contributed by atoms with Gasteiger partial charge in [-0.05, 0) is 37.5 Å². The van der Waals surface area contributed by atoms with Gasteiger partial charge < -0.3 is 15.0 Å². The number of carbonyl (C=O) groups excluding carboxylic acids is 2. The van der Waals surface area contributed by atoms with Crippen LogP contribution in [-0.4, -0.2) is 43.0 Å². The fraction of sp³-hybridized carbons (Fsp3) is 0.556. The maximum absolute atomic E-state index is 12.4. The third-order valence-electron chi connectivity index (χ3n) is 3.72. The zero-order valence-corrected chi connectivity index (χ0v) is 15.4. The van der Waals surface area contributed by atoms with E-state index in [1.807, 2.05) is 19.1 Å². The molecular formula is C18H27ClN2O3. The quantitative estimate of drug-likeness (QED) is 0.657. The Labute approximate surface area is 149 Å². The number of halogens is 1. The summed E-state index contributed by atoms with van der Waals surface area (Å²) in [5.74, 6) is -0.170. The molecule has 0 aliphatic heterocycles. The molecule has 0 bridgehead atoms. The van der Waals surface area contributed by atoms with E-state index >= 15 is 0 Å². The first-order chi connectivity index (χ1) is 11.5. The molecule has 0 aliphatic carbocycles. The smallest absolute Gasteiger partial charge is 0.242 e. The summed E-state index contributed by atoms with van der Waals surface area (Å²) in [4.78, 5) is 26.4. The van der Waals surface area contributed by atoms with Gasteiger partial charge in [0.15, 0.2) is 0 Å². The van der Waals surface area contributed by atoms with Crippen molar-refractivity contribution >= 4 is 23.4 Å². The van der Waals surface area contributed by atoms with E-state index < -0.39 is 6.04 Å². The molecule has 0 aliphatic rings. The van der Waals surface area contributed by atoms with Crippen LogP contribution in [0.3, 0.4) is 0 Å². The van der Waals surface area contributed by atoms with Gasteiger partial charge in [-0.2, -0.15) is 0 Å². The Hall–Kier alpha value is -1.59. The Morgan fingerprint density at radius 2 is 1.96 bits per heavy atom. The minimum atomic E-state index is -0.526. The minimum Gasteiger partial charge on any atom is -0.385 e. The second kappa shape index (κ2) is 11.0. The van der Waals surface area contributed by atoms with Gasteiger partial charge in [-0.25, -0.2) is 0 Å². The molecular weight excluding hydrogens is 328 g/mol. The van der Waals surface area contributed by atoms with Crippen LogP contribution in [0.4, 0.5) is 0 Å². The topological polar surface area (TPSA) is 58.6 Å². The van der Waals surface area contributed by atoms with Crippen molar-refractivity contribution in [2.45, 2.75) is 45.7 Å². The van der Waals surface area contributed by atoms with E-state index in [2.05, 4.69) is 5.32 Å². The Balaban J connectivity index is 2.74. The van der Waals surface area contributed by atoms with Crippen molar-refractivity contribution in [3.63, 3.8) is 0 Å². The van der Waals surface area contributed by atoms with E-state index in [4.69, 9.17) is 16.3 Å². The molecule has 5 nitrogen and oxygen atoms in total. The molecule has 1 aromatic carbocycles. The van der Waals surface area contributed by atoms with Crippen LogP contribution in [0, 0.1) is 0 Å². The molecule has 1 aromatic rings. The zero-order chi connectivity index (χ0) is 17.9. The largest absolute Gasteiger partial charge is 0.385 e. The van der Waals surface area contributed by atoms with E-state index in [0.717, 1.165) is 18.4 Å². The summed E-state index contributed by atoms with van der Waals surface area (Å²) in [7, 11) is 1.63. The molecule has 0 heterocycles. The number of hydrogen-bond acceptors (Lipinski definition) is 3. The van der Waals surface area contributed by atoms with Crippen LogP contribution in [0.25, 0.3) is 0 Å². The molecule has 1 unspecified atom stereocenters. The molecule has 2 amide bonds. The van der Waals surface area contributed by atoms with Crippen molar-refractivity contribution in [1.82, 2.24) is 10.2 Å². The highest BCUT2D eigenvalue weighted by molar-refractivity contribution is 6.30. The predicted octanol–water partition coefficient (Wildman–Crippen LogP) is 3.01. The fourth-order valence-electron chi connectivity index (χ4n) is 2.30. The van der Waals surface area contributed by atoms with Crippen LogP contribution < -0.4 is 5.32 Å². The van der Waals surface area contributed by atoms with Crippen LogP contribution in [0.5, 0.6) is 0 Å². The third-order valence-corrected chi connectivity index (χ3v) is 3.97. The molecule has 0 spiro atoms. The van der Waals surface area contributed by atoms with Crippen molar-refractivity contribution < 1.29 is 14.3 Å². The standard InChI is InChI=1S/C18H27ClN2O3/c1-4-6-17(22)21(13-15-7-9-16(19)10-8-15)14(2)18(23)20-11-5-12-24-3/h7-10,14H,4-6,11-13H2,1-3H3,(H,20,23). The van der Waals surface area contributed by atoms with Gasteiger partial charge in [-0.1, -0.05) is 30.7 Å². The Kier molecular flexibility index (Phi) is 9.42. The number of methoxy groups -OCH3 is 1. The van der Waals surface area contributed by atoms with Crippen molar-refractivity contribution in [1.29, 1.82) is 0 Å². The first kappa shape index (κ1) is 20.5. The number of amides is 2. The van der Waals surface area contributed by atoms with E-state index in [1.165, 1.54) is 0 Å². The first-order valence-corrected chi connectivity index (χ1v) is 8.68. The number of ether oxygens (including phenoxy) is 1. The lowest BCUT2D eigenvalue weighted by Crippen LogP contribution is -2.47. The number of rotatable bonds is 10. The van der Waals surface area contributed by atoms with E-state index in [1.54, 1.807) is 31.1 Å². The molecule has 0 saturated carbocycles. The second-order valence-electron chi connectivity index (χ2n) is 5.71. The average molecular weight is 355 g/mol. The third kappa shape index (κ3) is 6.89. The normalized spacial score (nSPS) is 11.8. The van der Waals surface area contributed by atoms with E-state index in [9.17, 15) is 9.59 Å². The van der Waals surface area contributed by atoms with Gasteiger partial charge >= 0.3 is 0 Å². The number of carbonyl (C=O) groups is 2. The lowest BCUT2D eigenvalue weighted by molar-refractivity contribution is -0.140. The molecule has 0 aromatic heterocycles. The van der Waals surface area contributed by atoms with Crippen molar-refractivity contribution in [3.05, 3.63) is 34.9 Å². The van der Waals surface area contributed by atoms with Gasteiger partial charge in [0.2, 0.25) is 11.8 Å². The lowest BCUT2D eigenvalue weighted by Gasteiger charge is -2.28. The van der Waals surface area contributed by atoms with Gasteiger partial charge in [-0.3, -0.25) is 9.59 Å². The van der Waals surface area contributed by atoms with E-state index in [0.29, 0.717) is 31.1 Å². The molecule has 24 heavy (non-hydrogen) atoms. The van der Waals surface area contributed by atoms with Crippen LogP contribution in [0.15, 0.2) is 24.3 Å². The summed E-state index contributed by atoms with van der Waals surface area (Å²) in [6, 6.07) is 6.79. The van der Waals surface area contributed by atoms with Crippen LogP contribution in [0.2, 0.25) is 5.02 Å². The Bertz CT molecular complexity index is 520. The molecule has 1 atom stereocenters. The maximum atomic E-state index is 12.4. The van der Waals surface area contributed by atoms with Gasteiger partial charge in [0.25, 0.3) is 0 Å². The monoisotopic (exact) mass is 354 g/mol. The van der Waals surface area contributed by atoms with E-state index in [-0.39, 0.29) is 11.8 Å². The van der Waals surface area contributed by atoms with Crippen LogP contribution >= 0.6 is 11.6 Å². The van der Waals surface area contributed by atoms with Crippen molar-refractivity contribution in [2.24, 2.45) is 0 Å². The highest BCUT2D eigenvalue weighted by Gasteiger charge is 2.25. The lowest BCUT2D eigenvalue weighted by atomic mass is 10.1. The predicted molar refractivity (Wildman–Crippen MR) is 95.9 cm³/mol. The summed E-state index contributed by atoms with van der Waals surface area (Å²) in [5.41, 5.74) is 0.947. The van der Waals surface area contributed by atoms with Gasteiger partial charge in [0, 0.05) is 38.2 Å². The Morgan fingerprint density at radius 1 is 1.29 bits per heavy atom. The first-order valence-electron chi connectivity index (χ1n) is 8.30. The molecule has 6 heteroatoms. The summed E-state index contributed by atoms with van der Waals surface area (Å²) in [5, 5.41) is 3.50. The number of nitrogens with zero attached hydrogens (tertiary/aromatic N) is 1. The molecule has 0 saturated heterocycles. The van der Waals surface area contributed by atoms with Crippen molar-refractivity contribution in [2.75, 3.05) is 20.3 Å². The molecule has 1 N–H and O–H groups in total. The van der Waals surface area contributed by atoms with Crippen LogP contribution in [0.1, 0.15) is 38.7 Å². The SMILES string of the molecule is CCCC(=O)N(Cc1ccc(Cl)cc1)C(C)C(=O)NCCCOC. The van der Waals surface area contributed by atoms with Crippen molar-refractivity contribution in [3.8, 4) is 0 Å². The molecule has 0 radical (unpaired) electrons. The minimum absolute atomic E-state index is 0.0213. The van der Waals surface area contributed by atoms with Gasteiger partial charge in [-0.15, -0.1) is 0 Å². The number of hydrogen-bond donors (Lipinski definition) is 1. The summed E-state index contributed by atoms with van der Waals surface area (Å²) in [6.07, 6.45) is 1.92. The average Bonchev–Trinajstić information content (AvgIpc) is 2.57. The maximum Gasteiger partial charge on any atom is 0.242 e. The molecule has 134 valence electrons. The second-order valence-corrected chi connectivity index (χ2v) is 6.15. The van der Waals surface area contributed by atoms with Gasteiger partial charge in [0.05, 0.1) is 0 Å². The fourth-order valence-corrected chi connectivity index (χ4v) is 2.43. The summed E-state index contributed by atoms with van der Waals surface area (Å²) in [6.45, 7) is 5.23. The number of benzene rings is 1. The molecule has 1 rings (SSSR count). The zero-order valence-electron chi connectivity index (χ0n) is 14.7. The van der Waals surface area contributed by atoms with Crippen LogP contribution in [-0.2, 0) is 20.9 Å². The highest BCUT2D eigenvalue weighted by Crippen LogP contribution is 2.14. The summed E-state index contributed by atoms with van der Waals surface area (Å²) >= 11 is 5.90. The van der Waals surface area contributed by atoms with Gasteiger partial charge in [0.1, 0.15) is 6.04 Å². The summed E-state index contributed by atoms with van der Waals surface area (Å²) < 4.78 is 4.96. The number of nitrogens with one attached hydrogen (secondary N) is 1. The highest BCUT2D eigenvalue weighted by atomic mass is 35.5. The molecule has 0 fully saturated rings. The Morgan fingerprint density at radius 3 is 2.54 bits per heavy atom.